The summed E-state index contributed by atoms with van der Waals surface area (Å²) in [5, 5.41) is 42.1. The van der Waals surface area contributed by atoms with Crippen molar-refractivity contribution in [2.45, 2.75) is 37.1 Å². The number of fused-ring (bicyclic) bond motifs is 1. The fourth-order valence-corrected chi connectivity index (χ4v) is 4.83. The molecule has 9 heteroatoms. The Bertz CT molecular complexity index is 1060. The van der Waals surface area contributed by atoms with Gasteiger partial charge in [0.05, 0.1) is 17.1 Å². The Morgan fingerprint density at radius 3 is 2.37 bits per heavy atom. The van der Waals surface area contributed by atoms with Crippen LogP contribution in [0.25, 0.3) is 10.9 Å². The Balaban J connectivity index is 1.83. The van der Waals surface area contributed by atoms with Crippen molar-refractivity contribution in [3.8, 4) is 0 Å². The lowest BCUT2D eigenvalue weighted by atomic mass is 9.98. The zero-order valence-electron chi connectivity index (χ0n) is 15.6. The summed E-state index contributed by atoms with van der Waals surface area (Å²) >= 11 is 15.0. The van der Waals surface area contributed by atoms with Crippen LogP contribution < -0.4 is 0 Å². The Hall–Kier alpha value is -0.910. The molecule has 4 rings (SSSR count). The third kappa shape index (κ3) is 4.10. The molecule has 0 bridgehead atoms. The molecule has 1 aliphatic rings. The van der Waals surface area contributed by atoms with Gasteiger partial charge in [0, 0.05) is 20.2 Å². The number of hydrogen-bond acceptors (Lipinski definition) is 5. The molecule has 160 valence electrons. The van der Waals surface area contributed by atoms with E-state index in [0.29, 0.717) is 22.0 Å². The minimum atomic E-state index is -1.48. The van der Waals surface area contributed by atoms with Crippen LogP contribution in [0.2, 0.25) is 10.0 Å². The standard InChI is InChI=1S/C21H20Cl2INO5/c22-12-6-14(23)17-11(5-10-1-3-13(24)4-2-10)8-25(15(17)7-12)21-20(29)19(28)18(27)16(9-26)30-21/h1-4,6-8,16,18-21,26-29H,5,9H2/t16-,18-,19+,20-,21-/m1/s1. The van der Waals surface area contributed by atoms with Crippen LogP contribution in [0.5, 0.6) is 0 Å². The van der Waals surface area contributed by atoms with Gasteiger partial charge in [-0.15, -0.1) is 0 Å². The second-order valence-corrected chi connectivity index (χ2v) is 9.46. The number of aliphatic hydroxyl groups excluding tert-OH is 4. The summed E-state index contributed by atoms with van der Waals surface area (Å²) in [6.07, 6.45) is -3.99. The van der Waals surface area contributed by atoms with Crippen molar-refractivity contribution in [1.29, 1.82) is 0 Å². The zero-order chi connectivity index (χ0) is 21.6. The van der Waals surface area contributed by atoms with Gasteiger partial charge in [-0.2, -0.15) is 0 Å². The second-order valence-electron chi connectivity index (χ2n) is 7.37. The summed E-state index contributed by atoms with van der Waals surface area (Å²) in [5.41, 5.74) is 2.59. The fraction of sp³-hybridized carbons (Fsp3) is 0.333. The van der Waals surface area contributed by atoms with Crippen LogP contribution in [-0.4, -0.2) is 56.0 Å². The average molecular weight is 564 g/mol. The fourth-order valence-electron chi connectivity index (χ4n) is 3.86. The Morgan fingerprint density at radius 2 is 1.70 bits per heavy atom. The van der Waals surface area contributed by atoms with Gasteiger partial charge in [0.2, 0.25) is 0 Å². The molecule has 0 aliphatic carbocycles. The second kappa shape index (κ2) is 8.91. The van der Waals surface area contributed by atoms with Crippen LogP contribution in [0.4, 0.5) is 0 Å². The van der Waals surface area contributed by atoms with Crippen molar-refractivity contribution in [2.24, 2.45) is 0 Å². The summed E-state index contributed by atoms with van der Waals surface area (Å²) in [6.45, 7) is -0.502. The van der Waals surface area contributed by atoms with E-state index in [0.717, 1.165) is 20.1 Å². The lowest BCUT2D eigenvalue weighted by molar-refractivity contribution is -0.250. The number of aromatic nitrogens is 1. The molecule has 0 saturated carbocycles. The third-order valence-electron chi connectivity index (χ3n) is 5.38. The Morgan fingerprint density at radius 1 is 1.00 bits per heavy atom. The maximum atomic E-state index is 10.6. The first-order valence-corrected chi connectivity index (χ1v) is 11.2. The molecule has 3 aromatic rings. The van der Waals surface area contributed by atoms with Crippen molar-refractivity contribution in [3.63, 3.8) is 0 Å². The van der Waals surface area contributed by atoms with Gasteiger partial charge in [-0.1, -0.05) is 35.3 Å². The van der Waals surface area contributed by atoms with Crippen LogP contribution in [0.15, 0.2) is 42.6 Å². The summed E-state index contributed by atoms with van der Waals surface area (Å²) in [6, 6.07) is 11.5. The minimum absolute atomic E-state index is 0.414. The summed E-state index contributed by atoms with van der Waals surface area (Å²) in [4.78, 5) is 0. The van der Waals surface area contributed by atoms with Gasteiger partial charge in [0.25, 0.3) is 0 Å². The van der Waals surface area contributed by atoms with Gasteiger partial charge in [-0.3, -0.25) is 0 Å². The highest BCUT2D eigenvalue weighted by atomic mass is 127. The zero-order valence-corrected chi connectivity index (χ0v) is 19.3. The van der Waals surface area contributed by atoms with E-state index in [1.165, 1.54) is 0 Å². The molecule has 30 heavy (non-hydrogen) atoms. The SMILES string of the molecule is OC[C@H]1O[C@@H](n2cc(Cc3ccc(I)cc3)c3c(Cl)cc(Cl)cc32)[C@H](O)[C@@H](O)[C@@H]1O. The van der Waals surface area contributed by atoms with E-state index >= 15 is 0 Å². The maximum Gasteiger partial charge on any atom is 0.163 e. The molecule has 0 amide bonds. The third-order valence-corrected chi connectivity index (χ3v) is 6.61. The molecule has 1 fully saturated rings. The predicted octanol–water partition coefficient (Wildman–Crippen LogP) is 3.12. The van der Waals surface area contributed by atoms with Gasteiger partial charge in [-0.25, -0.2) is 0 Å². The minimum Gasteiger partial charge on any atom is -0.394 e. The van der Waals surface area contributed by atoms with Gasteiger partial charge in [0.1, 0.15) is 24.4 Å². The van der Waals surface area contributed by atoms with Gasteiger partial charge in [0.15, 0.2) is 6.23 Å². The molecule has 1 saturated heterocycles. The van der Waals surface area contributed by atoms with Crippen LogP contribution in [0.1, 0.15) is 17.4 Å². The Labute approximate surface area is 196 Å². The quantitative estimate of drug-likeness (QED) is 0.366. The number of aliphatic hydroxyl groups is 4. The van der Waals surface area contributed by atoms with E-state index in [4.69, 9.17) is 27.9 Å². The lowest BCUT2D eigenvalue weighted by Gasteiger charge is -2.40. The van der Waals surface area contributed by atoms with Crippen molar-refractivity contribution in [3.05, 3.63) is 67.3 Å². The average Bonchev–Trinajstić information content (AvgIpc) is 3.06. The lowest BCUT2D eigenvalue weighted by Crippen LogP contribution is -2.56. The van der Waals surface area contributed by atoms with Gasteiger partial charge >= 0.3 is 0 Å². The number of hydrogen-bond donors (Lipinski definition) is 4. The monoisotopic (exact) mass is 563 g/mol. The highest BCUT2D eigenvalue weighted by Gasteiger charge is 2.44. The Kier molecular flexibility index (Phi) is 6.62. The molecular weight excluding hydrogens is 544 g/mol. The van der Waals surface area contributed by atoms with Crippen LogP contribution >= 0.6 is 45.8 Å². The normalized spacial score (nSPS) is 27.0. The topological polar surface area (TPSA) is 95.1 Å². The van der Waals surface area contributed by atoms with Crippen LogP contribution in [0.3, 0.4) is 0 Å². The summed E-state index contributed by atoms with van der Waals surface area (Å²) < 4.78 is 8.53. The first kappa shape index (κ1) is 22.3. The molecule has 0 radical (unpaired) electrons. The van der Waals surface area contributed by atoms with E-state index in [-0.39, 0.29) is 0 Å². The van der Waals surface area contributed by atoms with E-state index < -0.39 is 37.3 Å². The first-order valence-electron chi connectivity index (χ1n) is 9.33. The van der Waals surface area contributed by atoms with E-state index in [1.807, 2.05) is 24.3 Å². The predicted molar refractivity (Wildman–Crippen MR) is 123 cm³/mol. The maximum absolute atomic E-state index is 10.6. The van der Waals surface area contributed by atoms with Crippen LogP contribution in [-0.2, 0) is 11.2 Å². The van der Waals surface area contributed by atoms with Crippen molar-refractivity contribution in [2.75, 3.05) is 6.61 Å². The van der Waals surface area contributed by atoms with Gasteiger partial charge in [-0.05, 0) is 64.4 Å². The van der Waals surface area contributed by atoms with Crippen molar-refractivity contribution in [1.82, 2.24) is 4.57 Å². The summed E-state index contributed by atoms with van der Waals surface area (Å²) in [5.74, 6) is 0. The molecule has 2 heterocycles. The number of halogens is 3. The molecule has 5 atom stereocenters. The molecule has 4 N–H and O–H groups in total. The smallest absolute Gasteiger partial charge is 0.163 e. The first-order chi connectivity index (χ1) is 14.3. The molecular formula is C21H20Cl2INO5. The van der Waals surface area contributed by atoms with E-state index in [2.05, 4.69) is 22.6 Å². The highest BCUT2D eigenvalue weighted by Crippen LogP contribution is 2.38. The number of rotatable bonds is 4. The van der Waals surface area contributed by atoms with Crippen molar-refractivity contribution >= 4 is 56.7 Å². The molecule has 2 aromatic carbocycles. The number of nitrogens with zero attached hydrogens (tertiary/aromatic N) is 1. The molecule has 1 aliphatic heterocycles. The van der Waals surface area contributed by atoms with E-state index in [1.54, 1.807) is 22.9 Å². The molecule has 0 unspecified atom stereocenters. The van der Waals surface area contributed by atoms with E-state index in [9.17, 15) is 20.4 Å². The molecule has 0 spiro atoms. The van der Waals surface area contributed by atoms with Crippen molar-refractivity contribution < 1.29 is 25.2 Å². The van der Waals surface area contributed by atoms with Gasteiger partial charge < -0.3 is 29.7 Å². The molecule has 1 aromatic heterocycles. The number of benzene rings is 2. The highest BCUT2D eigenvalue weighted by molar-refractivity contribution is 14.1. The summed E-state index contributed by atoms with van der Waals surface area (Å²) in [7, 11) is 0. The number of ether oxygens (including phenoxy) is 1. The van der Waals surface area contributed by atoms with Crippen LogP contribution in [0, 0.1) is 3.57 Å². The largest absolute Gasteiger partial charge is 0.394 e. The molecule has 6 nitrogen and oxygen atoms in total.